The van der Waals surface area contributed by atoms with Crippen LogP contribution in [-0.2, 0) is 0 Å². The van der Waals surface area contributed by atoms with E-state index in [0.717, 1.165) is 6.42 Å². The quantitative estimate of drug-likeness (QED) is 0.824. The summed E-state index contributed by atoms with van der Waals surface area (Å²) in [6.45, 7) is 2.11. The van der Waals surface area contributed by atoms with E-state index >= 15 is 0 Å². The second-order valence-electron chi connectivity index (χ2n) is 3.51. The Balaban J connectivity index is 2.25. The highest BCUT2D eigenvalue weighted by Crippen LogP contribution is 2.26. The van der Waals surface area contributed by atoms with Gasteiger partial charge in [0.05, 0.1) is 12.4 Å². The molecule has 4 nitrogen and oxygen atoms in total. The molecule has 0 amide bonds. The fourth-order valence-corrected chi connectivity index (χ4v) is 2.82. The van der Waals surface area contributed by atoms with Crippen LogP contribution < -0.4 is 10.9 Å². The van der Waals surface area contributed by atoms with E-state index in [1.807, 2.05) is 28.7 Å². The third kappa shape index (κ3) is 2.86. The fourth-order valence-electron chi connectivity index (χ4n) is 1.51. The van der Waals surface area contributed by atoms with Gasteiger partial charge in [0.15, 0.2) is 0 Å². The maximum Gasteiger partial charge on any atom is 0.266 e. The van der Waals surface area contributed by atoms with Crippen LogP contribution in [0.1, 0.15) is 24.3 Å². The Kier molecular flexibility index (Phi) is 4.16. The molecule has 2 aromatic rings. The summed E-state index contributed by atoms with van der Waals surface area (Å²) < 4.78 is 0.597. The number of hydrogen-bond donors (Lipinski definition) is 2. The summed E-state index contributed by atoms with van der Waals surface area (Å²) in [6.07, 6.45) is 2.37. The molecule has 0 saturated heterocycles. The number of nitrogens with one attached hydrogen (secondary N) is 2. The summed E-state index contributed by atoms with van der Waals surface area (Å²) >= 11 is 3.71. The van der Waals surface area contributed by atoms with Crippen LogP contribution in [0.5, 0.6) is 0 Å². The first kappa shape index (κ1) is 12.6. The van der Waals surface area contributed by atoms with Crippen LogP contribution in [0.2, 0.25) is 0 Å². The maximum absolute atomic E-state index is 11.5. The van der Waals surface area contributed by atoms with Crippen molar-refractivity contribution in [3.05, 3.63) is 42.6 Å². The lowest BCUT2D eigenvalue weighted by molar-refractivity contribution is 0.756. The van der Waals surface area contributed by atoms with E-state index < -0.39 is 0 Å². The number of anilines is 1. The second-order valence-corrected chi connectivity index (χ2v) is 5.57. The number of nitrogens with zero attached hydrogens (tertiary/aromatic N) is 1. The minimum Gasteiger partial charge on any atom is -0.361 e. The molecule has 0 aromatic carbocycles. The minimum atomic E-state index is -0.107. The Morgan fingerprint density at radius 1 is 1.65 bits per heavy atom. The van der Waals surface area contributed by atoms with E-state index in [-0.39, 0.29) is 11.6 Å². The van der Waals surface area contributed by atoms with Crippen LogP contribution in [0.3, 0.4) is 0 Å². The van der Waals surface area contributed by atoms with Crippen molar-refractivity contribution >= 4 is 39.7 Å². The van der Waals surface area contributed by atoms with Crippen LogP contribution in [-0.4, -0.2) is 9.97 Å². The van der Waals surface area contributed by atoms with E-state index in [4.69, 9.17) is 0 Å². The van der Waals surface area contributed by atoms with Crippen LogP contribution in [0, 0.1) is 3.57 Å². The molecule has 90 valence electrons. The Morgan fingerprint density at radius 3 is 3.12 bits per heavy atom. The maximum atomic E-state index is 11.5. The topological polar surface area (TPSA) is 57.8 Å². The minimum absolute atomic E-state index is 0.107. The summed E-state index contributed by atoms with van der Waals surface area (Å²) in [7, 11) is 0. The van der Waals surface area contributed by atoms with Crippen molar-refractivity contribution in [2.45, 2.75) is 19.4 Å². The number of thiophene rings is 1. The van der Waals surface area contributed by atoms with Gasteiger partial charge in [-0.05, 0) is 40.5 Å². The first-order chi connectivity index (χ1) is 8.22. The molecule has 2 heterocycles. The predicted octanol–water partition coefficient (Wildman–Crippen LogP) is 3.00. The number of aromatic amines is 1. The third-order valence-corrected chi connectivity index (χ3v) is 4.39. The van der Waals surface area contributed by atoms with E-state index in [1.165, 1.54) is 11.2 Å². The number of rotatable bonds is 4. The zero-order valence-electron chi connectivity index (χ0n) is 9.24. The lowest BCUT2D eigenvalue weighted by Crippen LogP contribution is -2.17. The molecule has 2 aromatic heterocycles. The van der Waals surface area contributed by atoms with Gasteiger partial charge in [0.2, 0.25) is 0 Å². The van der Waals surface area contributed by atoms with Gasteiger partial charge in [-0.15, -0.1) is 11.3 Å². The normalized spacial score (nSPS) is 12.4. The third-order valence-electron chi connectivity index (χ3n) is 2.40. The van der Waals surface area contributed by atoms with Gasteiger partial charge in [0, 0.05) is 4.88 Å². The predicted molar refractivity (Wildman–Crippen MR) is 78.5 cm³/mol. The second kappa shape index (κ2) is 5.63. The van der Waals surface area contributed by atoms with Gasteiger partial charge in [-0.2, -0.15) is 0 Å². The SMILES string of the molecule is CCC(Nc1nc[nH]c(=O)c1I)c1cccs1. The molecule has 0 bridgehead atoms. The summed E-state index contributed by atoms with van der Waals surface area (Å²) in [5, 5.41) is 5.36. The zero-order chi connectivity index (χ0) is 12.3. The first-order valence-electron chi connectivity index (χ1n) is 5.25. The number of H-pyrrole nitrogens is 1. The molecular formula is C11H12IN3OS. The van der Waals surface area contributed by atoms with Crippen molar-refractivity contribution in [3.63, 3.8) is 0 Å². The average molecular weight is 361 g/mol. The zero-order valence-corrected chi connectivity index (χ0v) is 12.2. The van der Waals surface area contributed by atoms with Gasteiger partial charge in [0.1, 0.15) is 9.39 Å². The van der Waals surface area contributed by atoms with E-state index in [1.54, 1.807) is 11.3 Å². The molecule has 1 atom stereocenters. The monoisotopic (exact) mass is 361 g/mol. The van der Waals surface area contributed by atoms with Crippen LogP contribution >= 0.6 is 33.9 Å². The van der Waals surface area contributed by atoms with Gasteiger partial charge < -0.3 is 10.3 Å². The fraction of sp³-hybridized carbons (Fsp3) is 0.273. The summed E-state index contributed by atoms with van der Waals surface area (Å²) in [4.78, 5) is 19.4. The van der Waals surface area contributed by atoms with Crippen LogP contribution in [0.15, 0.2) is 28.6 Å². The van der Waals surface area contributed by atoms with E-state index in [2.05, 4.69) is 33.7 Å². The first-order valence-corrected chi connectivity index (χ1v) is 7.21. The van der Waals surface area contributed by atoms with Crippen LogP contribution in [0.25, 0.3) is 0 Å². The van der Waals surface area contributed by atoms with Crippen LogP contribution in [0.4, 0.5) is 5.82 Å². The molecule has 0 aliphatic carbocycles. The largest absolute Gasteiger partial charge is 0.361 e. The Morgan fingerprint density at radius 2 is 2.47 bits per heavy atom. The molecular weight excluding hydrogens is 349 g/mol. The van der Waals surface area contributed by atoms with Crippen molar-refractivity contribution in [2.75, 3.05) is 5.32 Å². The Hall–Kier alpha value is -0.890. The van der Waals surface area contributed by atoms with Crippen molar-refractivity contribution < 1.29 is 0 Å². The molecule has 6 heteroatoms. The molecule has 17 heavy (non-hydrogen) atoms. The van der Waals surface area contributed by atoms with Crippen molar-refractivity contribution in [2.24, 2.45) is 0 Å². The molecule has 0 fully saturated rings. The molecule has 0 radical (unpaired) electrons. The summed E-state index contributed by atoms with van der Waals surface area (Å²) in [5.41, 5.74) is -0.107. The van der Waals surface area contributed by atoms with Crippen molar-refractivity contribution in [3.8, 4) is 0 Å². The molecule has 0 aliphatic heterocycles. The summed E-state index contributed by atoms with van der Waals surface area (Å²) in [6, 6.07) is 4.32. The van der Waals surface area contributed by atoms with Crippen molar-refractivity contribution in [1.29, 1.82) is 0 Å². The van der Waals surface area contributed by atoms with E-state index in [0.29, 0.717) is 9.39 Å². The average Bonchev–Trinajstić information content (AvgIpc) is 2.85. The molecule has 0 saturated carbocycles. The lowest BCUT2D eigenvalue weighted by atomic mass is 10.2. The highest BCUT2D eigenvalue weighted by atomic mass is 127. The highest BCUT2D eigenvalue weighted by molar-refractivity contribution is 14.1. The Labute approximate surface area is 117 Å². The molecule has 2 rings (SSSR count). The number of halogens is 1. The standard InChI is InChI=1S/C11H12IN3OS/c1-2-7(8-4-3-5-17-8)15-10-9(12)11(16)14-6-13-10/h3-7H,2H2,1H3,(H2,13,14,15,16). The summed E-state index contributed by atoms with van der Waals surface area (Å²) in [5.74, 6) is 0.648. The van der Waals surface area contributed by atoms with Gasteiger partial charge in [-0.1, -0.05) is 13.0 Å². The Bertz CT molecular complexity index is 538. The van der Waals surface area contributed by atoms with Crippen molar-refractivity contribution in [1.82, 2.24) is 9.97 Å². The smallest absolute Gasteiger partial charge is 0.266 e. The van der Waals surface area contributed by atoms with Gasteiger partial charge in [0.25, 0.3) is 5.56 Å². The van der Waals surface area contributed by atoms with Gasteiger partial charge in [-0.25, -0.2) is 4.98 Å². The van der Waals surface area contributed by atoms with Gasteiger partial charge >= 0.3 is 0 Å². The lowest BCUT2D eigenvalue weighted by Gasteiger charge is -2.16. The molecule has 0 spiro atoms. The van der Waals surface area contributed by atoms with Gasteiger partial charge in [-0.3, -0.25) is 4.79 Å². The number of hydrogen-bond acceptors (Lipinski definition) is 4. The highest BCUT2D eigenvalue weighted by Gasteiger charge is 2.13. The van der Waals surface area contributed by atoms with E-state index in [9.17, 15) is 4.79 Å². The molecule has 1 unspecified atom stereocenters. The molecule has 0 aliphatic rings. The number of aromatic nitrogens is 2. The molecule has 2 N–H and O–H groups in total.